The van der Waals surface area contributed by atoms with Crippen molar-refractivity contribution in [3.8, 4) is 0 Å². The Bertz CT molecular complexity index is 622. The molecule has 2 saturated heterocycles. The molecule has 0 amide bonds. The minimum absolute atomic E-state index is 0.231. The van der Waals surface area contributed by atoms with Gasteiger partial charge in [0.1, 0.15) is 0 Å². The minimum atomic E-state index is -0.730. The Labute approximate surface area is 159 Å². The van der Waals surface area contributed by atoms with Crippen molar-refractivity contribution in [2.24, 2.45) is 11.8 Å². The predicted octanol–water partition coefficient (Wildman–Crippen LogP) is 4.20. The lowest BCUT2D eigenvalue weighted by Crippen LogP contribution is -2.25. The van der Waals surface area contributed by atoms with Gasteiger partial charge >= 0.3 is 5.97 Å². The number of hydrogen-bond acceptors (Lipinski definition) is 4. The Morgan fingerprint density at radius 1 is 1.35 bits per heavy atom. The number of allylic oxidation sites excluding steroid dienone is 2. The summed E-state index contributed by atoms with van der Waals surface area (Å²) in [5, 5.41) is 23.1. The number of hydrogen-bond donors (Lipinski definition) is 2. The van der Waals surface area contributed by atoms with Gasteiger partial charge in [-0.2, -0.15) is 11.3 Å². The number of fused-ring (bicyclic) bond motifs is 2. The fourth-order valence-corrected chi connectivity index (χ4v) is 4.79. The quantitative estimate of drug-likeness (QED) is 0.474. The van der Waals surface area contributed by atoms with Crippen LogP contribution in [-0.4, -0.2) is 34.5 Å². The van der Waals surface area contributed by atoms with E-state index in [4.69, 9.17) is 9.84 Å². The van der Waals surface area contributed by atoms with Crippen molar-refractivity contribution in [3.05, 3.63) is 46.7 Å². The van der Waals surface area contributed by atoms with Crippen LogP contribution in [0.4, 0.5) is 0 Å². The zero-order valence-electron chi connectivity index (χ0n) is 15.0. The second-order valence-corrected chi connectivity index (χ2v) is 8.09. The lowest BCUT2D eigenvalue weighted by atomic mass is 9.77. The summed E-state index contributed by atoms with van der Waals surface area (Å²) < 4.78 is 6.10. The van der Waals surface area contributed by atoms with Crippen molar-refractivity contribution < 1.29 is 19.7 Å². The molecule has 0 radical (unpaired) electrons. The SMILES string of the molecule is O=C(O)CCC/C=C\C[C@@H]1[C@H](/C=C/C(O)Cc2ccsc2)[C@@H]2CC[C@H]1O2. The number of carboxylic acids is 1. The number of aliphatic hydroxyl groups is 1. The minimum Gasteiger partial charge on any atom is -0.481 e. The number of thiophene rings is 1. The van der Waals surface area contributed by atoms with Crippen molar-refractivity contribution in [2.75, 3.05) is 0 Å². The second kappa shape index (κ2) is 9.49. The summed E-state index contributed by atoms with van der Waals surface area (Å²) in [7, 11) is 0. The Hall–Kier alpha value is -1.43. The molecule has 26 heavy (non-hydrogen) atoms. The summed E-state index contributed by atoms with van der Waals surface area (Å²) in [6.45, 7) is 0. The smallest absolute Gasteiger partial charge is 0.303 e. The van der Waals surface area contributed by atoms with E-state index in [1.54, 1.807) is 11.3 Å². The van der Waals surface area contributed by atoms with Crippen molar-refractivity contribution in [2.45, 2.75) is 63.3 Å². The number of aliphatic hydroxyl groups excluding tert-OH is 1. The van der Waals surface area contributed by atoms with Crippen LogP contribution in [0.5, 0.6) is 0 Å². The highest BCUT2D eigenvalue weighted by atomic mass is 32.1. The molecule has 5 atom stereocenters. The van der Waals surface area contributed by atoms with Gasteiger partial charge in [-0.25, -0.2) is 0 Å². The number of rotatable bonds is 10. The van der Waals surface area contributed by atoms with Crippen LogP contribution < -0.4 is 0 Å². The first-order valence-corrected chi connectivity index (χ1v) is 10.5. The molecule has 1 aromatic rings. The summed E-state index contributed by atoms with van der Waals surface area (Å²) in [6.07, 6.45) is 14.2. The second-order valence-electron chi connectivity index (χ2n) is 7.31. The number of aliphatic carboxylic acids is 1. The highest BCUT2D eigenvalue weighted by Gasteiger charge is 2.46. The molecule has 0 aromatic carbocycles. The van der Waals surface area contributed by atoms with Crippen LogP contribution in [-0.2, 0) is 16.0 Å². The van der Waals surface area contributed by atoms with Crippen LogP contribution in [0.15, 0.2) is 41.1 Å². The average molecular weight is 377 g/mol. The fourth-order valence-electron chi connectivity index (χ4n) is 4.10. The standard InChI is InChI=1S/C21H28O4S/c22-16(13-15-11-12-26-14-15)7-8-18-17(19-9-10-20(18)25-19)5-3-1-2-4-6-21(23)24/h1,3,7-8,11-12,14,16-20,22H,2,4-6,9-10,13H2,(H,23,24)/b3-1-,8-7+/t16?,17-,18+,19-,20+/m1/s1. The van der Waals surface area contributed by atoms with Crippen molar-refractivity contribution >= 4 is 17.3 Å². The molecular formula is C21H28O4S. The first-order chi connectivity index (χ1) is 12.6. The highest BCUT2D eigenvalue weighted by molar-refractivity contribution is 7.07. The predicted molar refractivity (Wildman–Crippen MR) is 103 cm³/mol. The van der Waals surface area contributed by atoms with Crippen LogP contribution >= 0.6 is 11.3 Å². The molecule has 4 nitrogen and oxygen atoms in total. The van der Waals surface area contributed by atoms with E-state index in [9.17, 15) is 9.90 Å². The van der Waals surface area contributed by atoms with E-state index in [-0.39, 0.29) is 12.5 Å². The van der Waals surface area contributed by atoms with Gasteiger partial charge in [-0.15, -0.1) is 0 Å². The largest absolute Gasteiger partial charge is 0.481 e. The van der Waals surface area contributed by atoms with E-state index in [2.05, 4.69) is 29.7 Å². The van der Waals surface area contributed by atoms with Crippen molar-refractivity contribution in [1.82, 2.24) is 0 Å². The van der Waals surface area contributed by atoms with Crippen LogP contribution in [0.1, 0.15) is 44.1 Å². The van der Waals surface area contributed by atoms with Gasteiger partial charge in [0.05, 0.1) is 18.3 Å². The van der Waals surface area contributed by atoms with Crippen LogP contribution in [0.25, 0.3) is 0 Å². The number of ether oxygens (including phenoxy) is 1. The molecule has 142 valence electrons. The van der Waals surface area contributed by atoms with Crippen LogP contribution in [0.3, 0.4) is 0 Å². The summed E-state index contributed by atoms with van der Waals surface area (Å²) >= 11 is 1.66. The molecule has 0 saturated carbocycles. The lowest BCUT2D eigenvalue weighted by Gasteiger charge is -2.25. The van der Waals surface area contributed by atoms with E-state index in [0.29, 0.717) is 30.8 Å². The van der Waals surface area contributed by atoms with Gasteiger partial charge in [-0.3, -0.25) is 4.79 Å². The molecule has 3 heterocycles. The zero-order valence-corrected chi connectivity index (χ0v) is 15.8. The third kappa shape index (κ3) is 5.29. The topological polar surface area (TPSA) is 66.8 Å². The Morgan fingerprint density at radius 2 is 2.19 bits per heavy atom. The first-order valence-electron chi connectivity index (χ1n) is 9.53. The van der Waals surface area contributed by atoms with Gasteiger partial charge in [0.2, 0.25) is 0 Å². The van der Waals surface area contributed by atoms with E-state index >= 15 is 0 Å². The normalized spacial score (nSPS) is 29.1. The number of carbonyl (C=O) groups is 1. The van der Waals surface area contributed by atoms with E-state index in [1.807, 2.05) is 11.5 Å². The fraction of sp³-hybridized carbons (Fsp3) is 0.571. The maximum absolute atomic E-state index is 10.5. The van der Waals surface area contributed by atoms with Gasteiger partial charge in [-0.05, 0) is 60.4 Å². The molecule has 0 aliphatic carbocycles. The zero-order chi connectivity index (χ0) is 18.4. The molecule has 1 aromatic heterocycles. The molecule has 5 heteroatoms. The molecule has 0 spiro atoms. The third-order valence-corrected chi connectivity index (χ3v) is 6.14. The maximum atomic E-state index is 10.5. The molecule has 2 N–H and O–H groups in total. The van der Waals surface area contributed by atoms with Gasteiger partial charge in [0, 0.05) is 18.8 Å². The van der Waals surface area contributed by atoms with E-state index < -0.39 is 12.1 Å². The Morgan fingerprint density at radius 3 is 2.96 bits per heavy atom. The first kappa shape index (κ1) is 19.3. The van der Waals surface area contributed by atoms with Gasteiger partial charge in [-0.1, -0.05) is 24.3 Å². The molecule has 2 aliphatic heterocycles. The molecule has 3 rings (SSSR count). The molecule has 2 fully saturated rings. The Balaban J connectivity index is 1.49. The summed E-state index contributed by atoms with van der Waals surface area (Å²) in [5.41, 5.74) is 1.18. The van der Waals surface area contributed by atoms with Crippen LogP contribution in [0.2, 0.25) is 0 Å². The lowest BCUT2D eigenvalue weighted by molar-refractivity contribution is -0.137. The summed E-state index contributed by atoms with van der Waals surface area (Å²) in [6, 6.07) is 2.06. The summed E-state index contributed by atoms with van der Waals surface area (Å²) in [4.78, 5) is 10.5. The monoisotopic (exact) mass is 376 g/mol. The summed E-state index contributed by atoms with van der Waals surface area (Å²) in [5.74, 6) is 0.106. The van der Waals surface area contributed by atoms with Crippen molar-refractivity contribution in [1.29, 1.82) is 0 Å². The third-order valence-electron chi connectivity index (χ3n) is 5.40. The molecular weight excluding hydrogens is 348 g/mol. The van der Waals surface area contributed by atoms with E-state index in [0.717, 1.165) is 25.7 Å². The average Bonchev–Trinajstić information content (AvgIpc) is 3.33. The molecule has 2 aliphatic rings. The van der Waals surface area contributed by atoms with Gasteiger partial charge < -0.3 is 14.9 Å². The molecule has 2 bridgehead atoms. The van der Waals surface area contributed by atoms with Gasteiger partial charge in [0.15, 0.2) is 0 Å². The maximum Gasteiger partial charge on any atom is 0.303 e. The van der Waals surface area contributed by atoms with Crippen LogP contribution in [0, 0.1) is 11.8 Å². The van der Waals surface area contributed by atoms with Gasteiger partial charge in [0.25, 0.3) is 0 Å². The number of carboxylic acid groups (broad SMARTS) is 1. The Kier molecular flexibility index (Phi) is 7.06. The number of unbranched alkanes of at least 4 members (excludes halogenated alkanes) is 1. The van der Waals surface area contributed by atoms with E-state index in [1.165, 1.54) is 5.56 Å². The molecule has 1 unspecified atom stereocenters. The van der Waals surface area contributed by atoms with Crippen molar-refractivity contribution in [3.63, 3.8) is 0 Å². The highest BCUT2D eigenvalue weighted by Crippen LogP contribution is 2.45.